The van der Waals surface area contributed by atoms with E-state index in [0.717, 1.165) is 15.3 Å². The van der Waals surface area contributed by atoms with Crippen molar-refractivity contribution >= 4 is 71.7 Å². The third kappa shape index (κ3) is 8.46. The number of methoxy groups -OCH3 is 2. The van der Waals surface area contributed by atoms with Crippen molar-refractivity contribution in [1.29, 1.82) is 0 Å². The second kappa shape index (κ2) is 15.9. The number of hydrogen-bond acceptors (Lipinski definition) is 12. The number of benzene rings is 4. The molecule has 0 saturated carbocycles. The number of hydrogen-bond donors (Lipinski definition) is 0. The zero-order chi connectivity index (χ0) is 39.4. The number of halogens is 1. The molecule has 1 aromatic heterocycles. The fourth-order valence-electron chi connectivity index (χ4n) is 5.85. The average Bonchev–Trinajstić information content (AvgIpc) is 3.46. The lowest BCUT2D eigenvalue weighted by atomic mass is 10.0. The summed E-state index contributed by atoms with van der Waals surface area (Å²) in [5.41, 5.74) is 2.21. The molecule has 0 aliphatic carbocycles. The second-order valence-corrected chi connectivity index (χ2v) is 14.2. The number of anilines is 1. The number of carbonyl (C=O) groups excluding carboxylic acids is 4. The molecule has 0 N–H and O–H groups in total. The number of fused-ring (bicyclic) bond motifs is 2. The van der Waals surface area contributed by atoms with Crippen LogP contribution in [0.4, 0.5) is 9.57 Å². The summed E-state index contributed by atoms with van der Waals surface area (Å²) in [7, 11) is -5.30. The van der Waals surface area contributed by atoms with Crippen LogP contribution in [-0.4, -0.2) is 64.4 Å². The van der Waals surface area contributed by atoms with Crippen LogP contribution in [0.2, 0.25) is 0 Å². The molecule has 18 heteroatoms. The lowest BCUT2D eigenvalue weighted by Crippen LogP contribution is -2.39. The van der Waals surface area contributed by atoms with Crippen LogP contribution in [0.15, 0.2) is 95.9 Å². The Morgan fingerprint density at radius 1 is 0.833 bits per heavy atom. The SMILES string of the molecule is COc1ccc(N(C(=O)c2c3ccccc3[n+](C)c3ccccc23)S(=O)(=O)c2ccc(CCC(=O)ON3C(=O)CCC3=O)cc2)c(OC)c1.O=S(=O)([O-])F. The van der Waals surface area contributed by atoms with Gasteiger partial charge in [-0.05, 0) is 48.4 Å². The van der Waals surface area contributed by atoms with Crippen LogP contribution in [0.3, 0.4) is 0 Å². The molecule has 0 bridgehead atoms. The molecule has 0 radical (unpaired) electrons. The first-order chi connectivity index (χ1) is 25.5. The molecule has 0 spiro atoms. The maximum atomic E-state index is 14.9. The number of aryl methyl sites for hydroxylation is 2. The number of para-hydroxylation sites is 2. The number of pyridine rings is 1. The Morgan fingerprint density at radius 2 is 1.37 bits per heavy atom. The molecule has 54 heavy (non-hydrogen) atoms. The quantitative estimate of drug-likeness (QED) is 0.0654. The standard InChI is InChI=1S/C36H32N3O9S.FHO3S/c1-37-28-10-6-4-8-26(28)35(27-9-5-7-11-29(27)37)36(43)39(30-18-15-24(46-2)22-31(30)47-3)49(44,45)25-16-12-23(13-17-25)14-21-34(42)48-38-32(40)19-20-33(38)41;1-5(2,3)4/h4-13,15-18,22H,14,19-21H2,1-3H3;(H,2,3,4)/q+1;/p-1. The minimum atomic E-state index is -5.42. The summed E-state index contributed by atoms with van der Waals surface area (Å²) in [6.07, 6.45) is -0.0513. The Labute approximate surface area is 309 Å². The summed E-state index contributed by atoms with van der Waals surface area (Å²) in [6, 6.07) is 24.8. The normalized spacial score (nSPS) is 13.0. The fraction of sp³-hybridized carbons (Fsp3) is 0.194. The van der Waals surface area contributed by atoms with E-state index in [4.69, 9.17) is 27.3 Å². The van der Waals surface area contributed by atoms with E-state index in [1.54, 1.807) is 30.3 Å². The van der Waals surface area contributed by atoms with E-state index in [1.165, 1.54) is 50.6 Å². The van der Waals surface area contributed by atoms with Crippen molar-refractivity contribution in [2.45, 2.75) is 30.6 Å². The summed E-state index contributed by atoms with van der Waals surface area (Å²) in [6.45, 7) is 0. The highest BCUT2D eigenvalue weighted by molar-refractivity contribution is 7.93. The predicted octanol–water partition coefficient (Wildman–Crippen LogP) is 3.83. The molecule has 0 atom stereocenters. The van der Waals surface area contributed by atoms with Crippen molar-refractivity contribution in [3.8, 4) is 11.5 Å². The van der Waals surface area contributed by atoms with Gasteiger partial charge in [-0.3, -0.25) is 14.4 Å². The molecule has 4 aromatic carbocycles. The smallest absolute Gasteiger partial charge is 0.333 e. The number of sulfonamides is 1. The minimum Gasteiger partial charge on any atom is -0.722 e. The van der Waals surface area contributed by atoms with Crippen molar-refractivity contribution in [2.24, 2.45) is 7.05 Å². The van der Waals surface area contributed by atoms with Crippen LogP contribution in [-0.2, 0) is 53.2 Å². The first-order valence-corrected chi connectivity index (χ1v) is 18.7. The average molecular weight is 782 g/mol. The molecule has 5 aromatic rings. The number of ether oxygens (including phenoxy) is 2. The van der Waals surface area contributed by atoms with Gasteiger partial charge in [0.2, 0.25) is 11.0 Å². The van der Waals surface area contributed by atoms with Crippen molar-refractivity contribution in [3.05, 3.63) is 102 Å². The van der Waals surface area contributed by atoms with E-state index in [2.05, 4.69) is 0 Å². The lowest BCUT2D eigenvalue weighted by Gasteiger charge is -2.25. The molecule has 1 fully saturated rings. The van der Waals surface area contributed by atoms with Gasteiger partial charge in [-0.1, -0.05) is 36.4 Å². The summed E-state index contributed by atoms with van der Waals surface area (Å²) in [4.78, 5) is 55.5. The zero-order valence-electron chi connectivity index (χ0n) is 28.9. The summed E-state index contributed by atoms with van der Waals surface area (Å²) in [5, 5.41) is 1.60. The molecular formula is C36H32FN3O12S2. The van der Waals surface area contributed by atoms with Crippen LogP contribution < -0.4 is 18.3 Å². The Morgan fingerprint density at radius 3 is 1.89 bits per heavy atom. The van der Waals surface area contributed by atoms with Crippen molar-refractivity contribution < 1.29 is 63.3 Å². The van der Waals surface area contributed by atoms with E-state index in [1.807, 2.05) is 35.9 Å². The summed E-state index contributed by atoms with van der Waals surface area (Å²) in [5.74, 6) is -2.24. The van der Waals surface area contributed by atoms with Crippen LogP contribution in [0.25, 0.3) is 21.8 Å². The van der Waals surface area contributed by atoms with Crippen molar-refractivity contribution in [2.75, 3.05) is 18.5 Å². The van der Waals surface area contributed by atoms with Gasteiger partial charge >= 0.3 is 5.97 Å². The molecule has 3 amide bonds. The van der Waals surface area contributed by atoms with E-state index < -0.39 is 44.2 Å². The lowest BCUT2D eigenvalue weighted by molar-refractivity contribution is -0.617. The fourth-order valence-corrected chi connectivity index (χ4v) is 7.26. The van der Waals surface area contributed by atoms with Crippen LogP contribution in [0, 0.1) is 0 Å². The topological polar surface area (TPSA) is 198 Å². The summed E-state index contributed by atoms with van der Waals surface area (Å²) < 4.78 is 78.2. The van der Waals surface area contributed by atoms with Crippen LogP contribution >= 0.6 is 0 Å². The highest BCUT2D eigenvalue weighted by Gasteiger charge is 2.37. The van der Waals surface area contributed by atoms with Gasteiger partial charge in [-0.15, -0.1) is 8.95 Å². The number of aromatic nitrogens is 1. The van der Waals surface area contributed by atoms with Crippen molar-refractivity contribution in [1.82, 2.24) is 5.06 Å². The molecule has 2 heterocycles. The summed E-state index contributed by atoms with van der Waals surface area (Å²) >= 11 is 0. The van der Waals surface area contributed by atoms with Gasteiger partial charge in [-0.25, -0.2) is 21.6 Å². The Balaban J connectivity index is 0.00000105. The van der Waals surface area contributed by atoms with E-state index in [0.29, 0.717) is 27.1 Å². The van der Waals surface area contributed by atoms with Gasteiger partial charge in [0.1, 0.15) is 24.2 Å². The van der Waals surface area contributed by atoms with Crippen LogP contribution in [0.5, 0.6) is 11.5 Å². The number of rotatable bonds is 10. The number of amides is 3. The molecule has 15 nitrogen and oxygen atoms in total. The second-order valence-electron chi connectivity index (χ2n) is 11.7. The van der Waals surface area contributed by atoms with Gasteiger partial charge in [-0.2, -0.15) is 8.87 Å². The monoisotopic (exact) mass is 781 g/mol. The third-order valence-corrected chi connectivity index (χ3v) is 10.1. The van der Waals surface area contributed by atoms with Crippen LogP contribution in [0.1, 0.15) is 35.2 Å². The largest absolute Gasteiger partial charge is 0.722 e. The zero-order valence-corrected chi connectivity index (χ0v) is 30.6. The van der Waals surface area contributed by atoms with E-state index in [9.17, 15) is 31.5 Å². The Bertz CT molecular complexity index is 2430. The maximum absolute atomic E-state index is 14.9. The Hall–Kier alpha value is -5.98. The number of imide groups is 1. The highest BCUT2D eigenvalue weighted by Crippen LogP contribution is 2.38. The van der Waals surface area contributed by atoms with Gasteiger partial charge in [0, 0.05) is 31.0 Å². The number of carbonyl (C=O) groups is 4. The molecular weight excluding hydrogens is 750 g/mol. The maximum Gasteiger partial charge on any atom is 0.333 e. The molecule has 282 valence electrons. The minimum absolute atomic E-state index is 0.0146. The Kier molecular flexibility index (Phi) is 11.6. The van der Waals surface area contributed by atoms with Crippen molar-refractivity contribution in [3.63, 3.8) is 0 Å². The first kappa shape index (κ1) is 39.2. The van der Waals surface area contributed by atoms with E-state index in [-0.39, 0.29) is 47.6 Å². The van der Waals surface area contributed by atoms with Gasteiger partial charge in [0.05, 0.1) is 41.9 Å². The van der Waals surface area contributed by atoms with Gasteiger partial charge in [0.25, 0.3) is 38.2 Å². The molecule has 1 aliphatic heterocycles. The predicted molar refractivity (Wildman–Crippen MR) is 189 cm³/mol. The molecule has 0 unspecified atom stereocenters. The number of nitrogens with zero attached hydrogens (tertiary/aromatic N) is 3. The number of hydroxylamine groups is 2. The van der Waals surface area contributed by atoms with E-state index >= 15 is 0 Å². The van der Waals surface area contributed by atoms with Gasteiger partial charge < -0.3 is 18.9 Å². The first-order valence-electron chi connectivity index (χ1n) is 16.0. The van der Waals surface area contributed by atoms with Gasteiger partial charge in [0.15, 0.2) is 0 Å². The molecule has 6 rings (SSSR count). The third-order valence-electron chi connectivity index (χ3n) is 8.35. The molecule has 1 saturated heterocycles. The highest BCUT2D eigenvalue weighted by atomic mass is 32.3. The molecule has 1 aliphatic rings.